The summed E-state index contributed by atoms with van der Waals surface area (Å²) in [5, 5.41) is 3.92. The zero-order valence-electron chi connectivity index (χ0n) is 13.5. The molecule has 0 amide bonds. The van der Waals surface area contributed by atoms with Crippen molar-refractivity contribution in [2.45, 2.75) is 31.8 Å². The number of benzene rings is 1. The van der Waals surface area contributed by atoms with Gasteiger partial charge in [-0.25, -0.2) is 0 Å². The Hall–Kier alpha value is -1.12. The van der Waals surface area contributed by atoms with Gasteiger partial charge in [0.25, 0.3) is 0 Å². The maximum atomic E-state index is 3.92. The van der Waals surface area contributed by atoms with Crippen LogP contribution >= 0.6 is 0 Å². The molecule has 2 aliphatic carbocycles. The summed E-state index contributed by atoms with van der Waals surface area (Å²) < 4.78 is 0. The summed E-state index contributed by atoms with van der Waals surface area (Å²) in [4.78, 5) is 2.28. The van der Waals surface area contributed by atoms with Crippen molar-refractivity contribution in [2.75, 3.05) is 20.6 Å². The number of rotatable bonds is 6. The molecule has 1 aromatic carbocycles. The molecule has 114 valence electrons. The molecule has 0 heterocycles. The minimum atomic E-state index is 0.416. The molecule has 5 unspecified atom stereocenters. The topological polar surface area (TPSA) is 15.3 Å². The van der Waals surface area contributed by atoms with Gasteiger partial charge in [0.2, 0.25) is 0 Å². The number of fused-ring (bicyclic) bond motifs is 2. The van der Waals surface area contributed by atoms with Crippen molar-refractivity contribution >= 4 is 0 Å². The van der Waals surface area contributed by atoms with Crippen molar-refractivity contribution in [1.29, 1.82) is 0 Å². The number of hydrogen-bond acceptors (Lipinski definition) is 2. The zero-order valence-corrected chi connectivity index (χ0v) is 13.5. The van der Waals surface area contributed by atoms with Gasteiger partial charge in [0.05, 0.1) is 0 Å². The fraction of sp³-hybridized carbons (Fsp3) is 0.579. The number of nitrogens with zero attached hydrogens (tertiary/aromatic N) is 1. The van der Waals surface area contributed by atoms with Gasteiger partial charge in [-0.05, 0) is 57.2 Å². The van der Waals surface area contributed by atoms with Gasteiger partial charge in [0.15, 0.2) is 0 Å². The number of allylic oxidation sites excluding steroid dienone is 2. The van der Waals surface area contributed by atoms with E-state index in [4.69, 9.17) is 0 Å². The van der Waals surface area contributed by atoms with E-state index >= 15 is 0 Å². The molecule has 1 N–H and O–H groups in total. The molecular formula is C19H28N2. The van der Waals surface area contributed by atoms with Gasteiger partial charge in [-0.2, -0.15) is 0 Å². The average molecular weight is 284 g/mol. The highest BCUT2D eigenvalue weighted by molar-refractivity contribution is 5.20. The molecule has 1 saturated carbocycles. The van der Waals surface area contributed by atoms with Crippen molar-refractivity contribution in [3.8, 4) is 0 Å². The lowest BCUT2D eigenvalue weighted by Gasteiger charge is -2.32. The van der Waals surface area contributed by atoms with Crippen LogP contribution in [0.2, 0.25) is 0 Å². The first kappa shape index (κ1) is 14.8. The van der Waals surface area contributed by atoms with Crippen LogP contribution in [0.25, 0.3) is 0 Å². The highest BCUT2D eigenvalue weighted by Gasteiger charge is 2.38. The number of nitrogens with one attached hydrogen (secondary N) is 1. The Morgan fingerprint density at radius 1 is 1.14 bits per heavy atom. The maximum Gasteiger partial charge on any atom is 0.0451 e. The Morgan fingerprint density at radius 2 is 1.90 bits per heavy atom. The van der Waals surface area contributed by atoms with E-state index in [9.17, 15) is 0 Å². The lowest BCUT2D eigenvalue weighted by atomic mass is 9.87. The number of hydrogen-bond donors (Lipinski definition) is 1. The second-order valence-corrected chi connectivity index (χ2v) is 7.12. The summed E-state index contributed by atoms with van der Waals surface area (Å²) in [6.07, 6.45) is 7.65. The van der Waals surface area contributed by atoms with Crippen LogP contribution in [0.5, 0.6) is 0 Å². The van der Waals surface area contributed by atoms with E-state index in [1.54, 1.807) is 0 Å². The Kier molecular flexibility index (Phi) is 4.46. The maximum absolute atomic E-state index is 3.92. The summed E-state index contributed by atoms with van der Waals surface area (Å²) in [5.41, 5.74) is 1.40. The van der Waals surface area contributed by atoms with Crippen LogP contribution in [0.3, 0.4) is 0 Å². The van der Waals surface area contributed by atoms with Crippen LogP contribution in [-0.2, 0) is 0 Å². The largest absolute Gasteiger partial charge is 0.308 e. The minimum absolute atomic E-state index is 0.416. The van der Waals surface area contributed by atoms with Gasteiger partial charge < -0.3 is 10.2 Å². The molecule has 2 heteroatoms. The summed E-state index contributed by atoms with van der Waals surface area (Å²) in [7, 11) is 4.31. The average Bonchev–Trinajstić information content (AvgIpc) is 3.09. The summed E-state index contributed by atoms with van der Waals surface area (Å²) in [6.45, 7) is 3.43. The number of likely N-dealkylation sites (N-methyl/N-ethyl adjacent to an activating group) is 1. The van der Waals surface area contributed by atoms with E-state index in [2.05, 4.69) is 73.7 Å². The fourth-order valence-corrected chi connectivity index (χ4v) is 4.14. The summed E-state index contributed by atoms with van der Waals surface area (Å²) in [5.74, 6) is 2.48. The van der Waals surface area contributed by atoms with Gasteiger partial charge in [-0.3, -0.25) is 0 Å². The zero-order chi connectivity index (χ0) is 14.8. The summed E-state index contributed by atoms with van der Waals surface area (Å²) in [6, 6.07) is 11.9. The molecule has 3 rings (SSSR count). The molecule has 0 saturated heterocycles. The predicted octanol–water partition coefficient (Wildman–Crippen LogP) is 3.48. The van der Waals surface area contributed by atoms with Gasteiger partial charge in [0.1, 0.15) is 0 Å². The summed E-state index contributed by atoms with van der Waals surface area (Å²) >= 11 is 0. The Morgan fingerprint density at radius 3 is 2.48 bits per heavy atom. The highest BCUT2D eigenvalue weighted by Crippen LogP contribution is 2.45. The lowest BCUT2D eigenvalue weighted by Crippen LogP contribution is -2.41. The Bertz CT molecular complexity index is 480. The minimum Gasteiger partial charge on any atom is -0.308 e. The van der Waals surface area contributed by atoms with E-state index < -0.39 is 0 Å². The van der Waals surface area contributed by atoms with Crippen LogP contribution in [0.1, 0.15) is 31.4 Å². The van der Waals surface area contributed by atoms with Crippen molar-refractivity contribution < 1.29 is 0 Å². The Labute approximate surface area is 129 Å². The van der Waals surface area contributed by atoms with Crippen molar-refractivity contribution in [1.82, 2.24) is 10.2 Å². The molecule has 1 aromatic rings. The molecule has 2 aliphatic rings. The molecule has 1 fully saturated rings. The first-order chi connectivity index (χ1) is 10.1. The van der Waals surface area contributed by atoms with E-state index in [1.165, 1.54) is 18.4 Å². The smallest absolute Gasteiger partial charge is 0.0451 e. The first-order valence-corrected chi connectivity index (χ1v) is 8.27. The van der Waals surface area contributed by atoms with Crippen molar-refractivity contribution in [3.63, 3.8) is 0 Å². The molecule has 0 aromatic heterocycles. The second kappa shape index (κ2) is 6.33. The van der Waals surface area contributed by atoms with Gasteiger partial charge in [-0.1, -0.05) is 42.5 Å². The lowest BCUT2D eigenvalue weighted by molar-refractivity contribution is 0.266. The molecule has 2 nitrogen and oxygen atoms in total. The van der Waals surface area contributed by atoms with Crippen molar-refractivity contribution in [2.24, 2.45) is 17.8 Å². The Balaban J connectivity index is 1.68. The van der Waals surface area contributed by atoms with Gasteiger partial charge in [0, 0.05) is 18.6 Å². The molecular weight excluding hydrogens is 256 g/mol. The van der Waals surface area contributed by atoms with E-state index in [0.717, 1.165) is 24.3 Å². The van der Waals surface area contributed by atoms with Crippen molar-refractivity contribution in [3.05, 3.63) is 48.0 Å². The van der Waals surface area contributed by atoms with Crippen LogP contribution < -0.4 is 5.32 Å². The SMILES string of the molecule is CC(NC(CN(C)C)c1ccccc1)C1CC2C=CC1C2. The molecule has 21 heavy (non-hydrogen) atoms. The van der Waals surface area contributed by atoms with E-state index in [1.807, 2.05) is 0 Å². The standard InChI is InChI=1S/C19H28N2/c1-14(18-12-15-9-10-17(18)11-15)20-19(13-21(2)3)16-7-5-4-6-8-16/h4-10,14-15,17-20H,11-13H2,1-3H3. The fourth-order valence-electron chi connectivity index (χ4n) is 4.14. The molecule has 2 bridgehead atoms. The van der Waals surface area contributed by atoms with Gasteiger partial charge >= 0.3 is 0 Å². The molecule has 0 radical (unpaired) electrons. The third-order valence-corrected chi connectivity index (χ3v) is 5.19. The second-order valence-electron chi connectivity index (χ2n) is 7.12. The monoisotopic (exact) mass is 284 g/mol. The van der Waals surface area contributed by atoms with E-state index in [0.29, 0.717) is 12.1 Å². The molecule has 5 atom stereocenters. The highest BCUT2D eigenvalue weighted by atomic mass is 15.1. The van der Waals surface area contributed by atoms with E-state index in [-0.39, 0.29) is 0 Å². The van der Waals surface area contributed by atoms with Crippen LogP contribution in [0.4, 0.5) is 0 Å². The third-order valence-electron chi connectivity index (χ3n) is 5.19. The van der Waals surface area contributed by atoms with Gasteiger partial charge in [-0.15, -0.1) is 0 Å². The third kappa shape index (κ3) is 3.38. The molecule has 0 spiro atoms. The van der Waals surface area contributed by atoms with Crippen LogP contribution in [0, 0.1) is 17.8 Å². The first-order valence-electron chi connectivity index (χ1n) is 8.27. The van der Waals surface area contributed by atoms with Crippen LogP contribution in [-0.4, -0.2) is 31.6 Å². The predicted molar refractivity (Wildman–Crippen MR) is 89.2 cm³/mol. The van der Waals surface area contributed by atoms with Crippen LogP contribution in [0.15, 0.2) is 42.5 Å². The normalized spacial score (nSPS) is 30.0. The molecule has 0 aliphatic heterocycles. The quantitative estimate of drug-likeness (QED) is 0.805.